The molecule has 0 aliphatic rings. The summed E-state index contributed by atoms with van der Waals surface area (Å²) < 4.78 is 5.59. The van der Waals surface area contributed by atoms with Crippen LogP contribution in [0.25, 0.3) is 23.3 Å². The Kier molecular flexibility index (Phi) is 3.24. The summed E-state index contributed by atoms with van der Waals surface area (Å²) in [5, 5.41) is 0. The minimum atomic E-state index is 0.624. The molecule has 0 aliphatic heterocycles. The molecule has 2 heteroatoms. The quantitative estimate of drug-likeness (QED) is 0.634. The Hall–Kier alpha value is -2.61. The van der Waals surface area contributed by atoms with Gasteiger partial charge in [-0.2, -0.15) is 0 Å². The van der Waals surface area contributed by atoms with E-state index < -0.39 is 0 Å². The second-order valence-electron chi connectivity index (χ2n) is 4.15. The first-order valence-corrected chi connectivity index (χ1v) is 6.17. The number of hydrogen-bond acceptors (Lipinski definition) is 2. The number of hydrogen-bond donors (Lipinski definition) is 0. The minimum absolute atomic E-state index is 0.624. The summed E-state index contributed by atoms with van der Waals surface area (Å²) in [4.78, 5) is 4.37. The van der Waals surface area contributed by atoms with Gasteiger partial charge in [-0.1, -0.05) is 60.7 Å². The van der Waals surface area contributed by atoms with Gasteiger partial charge in [-0.25, -0.2) is 4.98 Å². The molecule has 19 heavy (non-hydrogen) atoms. The van der Waals surface area contributed by atoms with Crippen molar-refractivity contribution < 1.29 is 4.42 Å². The van der Waals surface area contributed by atoms with Gasteiger partial charge in [-0.05, 0) is 17.7 Å². The molecule has 3 rings (SSSR count). The van der Waals surface area contributed by atoms with Crippen LogP contribution in [0, 0.1) is 0 Å². The maximum Gasteiger partial charge on any atom is 0.219 e. The van der Waals surface area contributed by atoms with Crippen LogP contribution in [0.3, 0.4) is 0 Å². The maximum absolute atomic E-state index is 5.59. The number of para-hydroxylation sites is 2. The molecule has 0 atom stereocenters. The summed E-state index contributed by atoms with van der Waals surface area (Å²) >= 11 is 0. The van der Waals surface area contributed by atoms with Gasteiger partial charge in [0.15, 0.2) is 5.58 Å². The minimum Gasteiger partial charge on any atom is -0.437 e. The summed E-state index contributed by atoms with van der Waals surface area (Å²) in [6.07, 6.45) is 7.81. The van der Waals surface area contributed by atoms with Crippen LogP contribution in [-0.2, 0) is 0 Å². The Morgan fingerprint density at radius 2 is 1.53 bits per heavy atom. The van der Waals surface area contributed by atoms with Crippen molar-refractivity contribution in [2.45, 2.75) is 0 Å². The van der Waals surface area contributed by atoms with Crippen LogP contribution < -0.4 is 0 Å². The van der Waals surface area contributed by atoms with Crippen molar-refractivity contribution in [3.63, 3.8) is 0 Å². The summed E-state index contributed by atoms with van der Waals surface area (Å²) in [7, 11) is 0. The second kappa shape index (κ2) is 5.36. The van der Waals surface area contributed by atoms with Crippen LogP contribution in [-0.4, -0.2) is 4.98 Å². The molecule has 0 radical (unpaired) electrons. The first-order chi connectivity index (χ1) is 9.42. The molecule has 0 aliphatic carbocycles. The predicted molar refractivity (Wildman–Crippen MR) is 78.5 cm³/mol. The van der Waals surface area contributed by atoms with Crippen LogP contribution in [0.4, 0.5) is 0 Å². The van der Waals surface area contributed by atoms with Crippen molar-refractivity contribution in [3.8, 4) is 0 Å². The highest BCUT2D eigenvalue weighted by Gasteiger charge is 1.99. The van der Waals surface area contributed by atoms with Gasteiger partial charge in [0, 0.05) is 6.08 Å². The number of benzene rings is 2. The van der Waals surface area contributed by atoms with Crippen molar-refractivity contribution in [2.75, 3.05) is 0 Å². The predicted octanol–water partition coefficient (Wildman–Crippen LogP) is 4.55. The first-order valence-electron chi connectivity index (χ1n) is 6.17. The molecule has 0 spiro atoms. The Morgan fingerprint density at radius 1 is 0.789 bits per heavy atom. The van der Waals surface area contributed by atoms with E-state index in [0.29, 0.717) is 5.89 Å². The fraction of sp³-hybridized carbons (Fsp3) is 0. The lowest BCUT2D eigenvalue weighted by Gasteiger charge is -1.88. The number of rotatable bonds is 3. The molecule has 2 nitrogen and oxygen atoms in total. The van der Waals surface area contributed by atoms with Crippen molar-refractivity contribution >= 4 is 23.3 Å². The highest BCUT2D eigenvalue weighted by atomic mass is 16.3. The molecule has 0 saturated carbocycles. The average molecular weight is 247 g/mol. The molecule has 1 heterocycles. The van der Waals surface area contributed by atoms with Gasteiger partial charge in [0.1, 0.15) is 5.52 Å². The largest absolute Gasteiger partial charge is 0.437 e. The van der Waals surface area contributed by atoms with Crippen LogP contribution in [0.1, 0.15) is 11.5 Å². The van der Waals surface area contributed by atoms with E-state index >= 15 is 0 Å². The van der Waals surface area contributed by atoms with Crippen LogP contribution in [0.2, 0.25) is 0 Å². The molecular formula is C17H13NO. The van der Waals surface area contributed by atoms with Crippen LogP contribution in [0.15, 0.2) is 71.2 Å². The van der Waals surface area contributed by atoms with Crippen molar-refractivity contribution in [1.82, 2.24) is 4.98 Å². The van der Waals surface area contributed by atoms with Gasteiger partial charge in [0.25, 0.3) is 0 Å². The molecule has 3 aromatic rings. The summed E-state index contributed by atoms with van der Waals surface area (Å²) in [5.41, 5.74) is 2.87. The van der Waals surface area contributed by atoms with E-state index in [1.165, 1.54) is 5.56 Å². The van der Waals surface area contributed by atoms with Gasteiger partial charge in [0.2, 0.25) is 5.89 Å². The zero-order chi connectivity index (χ0) is 12.9. The van der Waals surface area contributed by atoms with Gasteiger partial charge < -0.3 is 4.42 Å². The SMILES string of the molecule is C(/C=C/c1nc2ccccc2o1)=C\c1ccccc1. The zero-order valence-corrected chi connectivity index (χ0v) is 10.4. The van der Waals surface area contributed by atoms with Gasteiger partial charge >= 0.3 is 0 Å². The summed E-state index contributed by atoms with van der Waals surface area (Å²) in [6, 6.07) is 17.9. The Morgan fingerprint density at radius 3 is 2.37 bits per heavy atom. The topological polar surface area (TPSA) is 26.0 Å². The van der Waals surface area contributed by atoms with Crippen molar-refractivity contribution in [2.24, 2.45) is 0 Å². The van der Waals surface area contributed by atoms with E-state index in [1.54, 1.807) is 0 Å². The van der Waals surface area contributed by atoms with Crippen LogP contribution >= 0.6 is 0 Å². The third-order valence-corrected chi connectivity index (χ3v) is 2.75. The van der Waals surface area contributed by atoms with E-state index in [1.807, 2.05) is 66.8 Å². The molecule has 0 N–H and O–H groups in total. The monoisotopic (exact) mass is 247 g/mol. The van der Waals surface area contributed by atoms with Crippen molar-refractivity contribution in [3.05, 3.63) is 78.2 Å². The van der Waals surface area contributed by atoms with Gasteiger partial charge in [-0.3, -0.25) is 0 Å². The number of oxazole rings is 1. The molecule has 0 amide bonds. The molecule has 0 bridgehead atoms. The van der Waals surface area contributed by atoms with E-state index in [-0.39, 0.29) is 0 Å². The van der Waals surface area contributed by atoms with Gasteiger partial charge in [0.05, 0.1) is 0 Å². The molecule has 0 unspecified atom stereocenters. The summed E-state index contributed by atoms with van der Waals surface area (Å²) in [5.74, 6) is 0.624. The second-order valence-corrected chi connectivity index (χ2v) is 4.15. The highest BCUT2D eigenvalue weighted by Crippen LogP contribution is 2.15. The number of nitrogens with zero attached hydrogens (tertiary/aromatic N) is 1. The van der Waals surface area contributed by atoms with E-state index in [0.717, 1.165) is 11.1 Å². The lowest BCUT2D eigenvalue weighted by molar-refractivity contribution is 0.589. The smallest absolute Gasteiger partial charge is 0.219 e. The number of fused-ring (bicyclic) bond motifs is 1. The molecule has 2 aromatic carbocycles. The average Bonchev–Trinajstić information content (AvgIpc) is 2.87. The maximum atomic E-state index is 5.59. The lowest BCUT2D eigenvalue weighted by Crippen LogP contribution is -1.69. The Balaban J connectivity index is 1.74. The van der Waals surface area contributed by atoms with Crippen molar-refractivity contribution in [1.29, 1.82) is 0 Å². The summed E-state index contributed by atoms with van der Waals surface area (Å²) in [6.45, 7) is 0. The number of allylic oxidation sites excluding steroid dienone is 2. The Bertz CT molecular complexity index is 690. The first kappa shape index (κ1) is 11.5. The zero-order valence-electron chi connectivity index (χ0n) is 10.4. The fourth-order valence-electron chi connectivity index (χ4n) is 1.83. The standard InChI is InChI=1S/C17H13NO/c1-2-8-14(9-3-1)10-4-7-13-17-18-15-11-5-6-12-16(15)19-17/h1-13H/b10-4+,13-7+. The Labute approximate surface area is 111 Å². The normalized spacial score (nSPS) is 11.8. The molecule has 92 valence electrons. The van der Waals surface area contributed by atoms with E-state index in [9.17, 15) is 0 Å². The number of aromatic nitrogens is 1. The molecule has 0 fully saturated rings. The third kappa shape index (κ3) is 2.80. The van der Waals surface area contributed by atoms with E-state index in [4.69, 9.17) is 4.42 Å². The van der Waals surface area contributed by atoms with Crippen LogP contribution in [0.5, 0.6) is 0 Å². The van der Waals surface area contributed by atoms with E-state index in [2.05, 4.69) is 17.1 Å². The molecule has 0 saturated heterocycles. The lowest BCUT2D eigenvalue weighted by atomic mass is 10.2. The molecular weight excluding hydrogens is 234 g/mol. The molecule has 1 aromatic heterocycles. The fourth-order valence-corrected chi connectivity index (χ4v) is 1.83. The van der Waals surface area contributed by atoms with Gasteiger partial charge in [-0.15, -0.1) is 0 Å². The highest BCUT2D eigenvalue weighted by molar-refractivity contribution is 5.73. The third-order valence-electron chi connectivity index (χ3n) is 2.75.